The molecule has 2 bridgehead atoms. The molecular formula is C23H27F2N7O. The normalized spacial score (nSPS) is 22.1. The van der Waals surface area contributed by atoms with Crippen LogP contribution in [0.25, 0.3) is 0 Å². The summed E-state index contributed by atoms with van der Waals surface area (Å²) in [6, 6.07) is 6.12. The van der Waals surface area contributed by atoms with Crippen LogP contribution in [-0.4, -0.2) is 43.9 Å². The summed E-state index contributed by atoms with van der Waals surface area (Å²) >= 11 is 0. The van der Waals surface area contributed by atoms with E-state index in [1.54, 1.807) is 11.0 Å². The van der Waals surface area contributed by atoms with E-state index in [0.717, 1.165) is 43.5 Å². The summed E-state index contributed by atoms with van der Waals surface area (Å²) in [5, 5.41) is 8.06. The molecule has 3 aromatic rings. The zero-order valence-electron chi connectivity index (χ0n) is 18.9. The van der Waals surface area contributed by atoms with Crippen molar-refractivity contribution in [1.29, 1.82) is 0 Å². The van der Waals surface area contributed by atoms with Gasteiger partial charge in [-0.2, -0.15) is 9.37 Å². The largest absolute Gasteiger partial charge is 0.421 e. The molecule has 0 radical (unpaired) electrons. The molecule has 10 heteroatoms. The summed E-state index contributed by atoms with van der Waals surface area (Å²) in [5.41, 5.74) is 0.957. The number of aryl methyl sites for hydroxylation is 1. The van der Waals surface area contributed by atoms with Gasteiger partial charge in [0, 0.05) is 30.9 Å². The number of anilines is 2. The maximum atomic E-state index is 14.1. The van der Waals surface area contributed by atoms with Crippen LogP contribution >= 0.6 is 0 Å². The van der Waals surface area contributed by atoms with Crippen molar-refractivity contribution in [2.24, 2.45) is 11.8 Å². The first-order valence-electron chi connectivity index (χ1n) is 11.3. The summed E-state index contributed by atoms with van der Waals surface area (Å²) in [5.74, 6) is 0.0189. The molecule has 5 rings (SSSR count). The Bertz CT molecular complexity index is 1140. The predicted octanol–water partition coefficient (Wildman–Crippen LogP) is 4.35. The van der Waals surface area contributed by atoms with E-state index >= 15 is 0 Å². The molecule has 33 heavy (non-hydrogen) atoms. The van der Waals surface area contributed by atoms with Crippen molar-refractivity contribution in [2.45, 2.75) is 45.7 Å². The molecule has 3 atom stereocenters. The van der Waals surface area contributed by atoms with Gasteiger partial charge < -0.3 is 15.0 Å². The third-order valence-corrected chi connectivity index (χ3v) is 6.45. The molecule has 8 nitrogen and oxygen atoms in total. The third kappa shape index (κ3) is 4.21. The van der Waals surface area contributed by atoms with Crippen LogP contribution in [0.5, 0.6) is 11.8 Å². The lowest BCUT2D eigenvalue weighted by Crippen LogP contribution is -2.48. The Morgan fingerprint density at radius 3 is 2.58 bits per heavy atom. The molecule has 1 N–H and O–H groups in total. The summed E-state index contributed by atoms with van der Waals surface area (Å²) in [6.07, 6.45) is 3.85. The third-order valence-electron chi connectivity index (χ3n) is 6.45. The van der Waals surface area contributed by atoms with Gasteiger partial charge in [0.25, 0.3) is 0 Å². The fourth-order valence-corrected chi connectivity index (χ4v) is 4.85. The van der Waals surface area contributed by atoms with Gasteiger partial charge in [-0.15, -0.1) is 5.10 Å². The van der Waals surface area contributed by atoms with E-state index in [1.165, 1.54) is 12.1 Å². The minimum Gasteiger partial charge on any atom is -0.421 e. The van der Waals surface area contributed by atoms with Gasteiger partial charge in [0.15, 0.2) is 11.6 Å². The van der Waals surface area contributed by atoms with E-state index in [1.807, 2.05) is 26.8 Å². The molecule has 2 aliphatic rings. The summed E-state index contributed by atoms with van der Waals surface area (Å²) < 4.78 is 34.9. The molecule has 1 aliphatic heterocycles. The molecule has 0 amide bonds. The van der Waals surface area contributed by atoms with Crippen LogP contribution in [-0.2, 0) is 0 Å². The van der Waals surface area contributed by atoms with Crippen LogP contribution in [0.15, 0.2) is 30.6 Å². The first-order valence-corrected chi connectivity index (χ1v) is 11.3. The van der Waals surface area contributed by atoms with Gasteiger partial charge in [-0.3, -0.25) is 0 Å². The Balaban J connectivity index is 1.34. The van der Waals surface area contributed by atoms with E-state index < -0.39 is 11.6 Å². The lowest BCUT2D eigenvalue weighted by molar-refractivity contribution is 0.352. The quantitative estimate of drug-likeness (QED) is 0.592. The minimum absolute atomic E-state index is 0.0701. The van der Waals surface area contributed by atoms with Crippen molar-refractivity contribution in [3.8, 4) is 11.8 Å². The number of nitrogens with zero attached hydrogens (tertiary/aromatic N) is 6. The van der Waals surface area contributed by atoms with E-state index in [2.05, 4.69) is 30.3 Å². The monoisotopic (exact) mass is 455 g/mol. The minimum atomic E-state index is -1.05. The highest BCUT2D eigenvalue weighted by atomic mass is 19.2. The molecule has 0 spiro atoms. The second-order valence-corrected chi connectivity index (χ2v) is 9.10. The number of aromatic nitrogens is 5. The Kier molecular flexibility index (Phi) is 5.59. The zero-order chi connectivity index (χ0) is 23.1. The fourth-order valence-electron chi connectivity index (χ4n) is 4.85. The molecule has 1 aromatic carbocycles. The fraction of sp³-hybridized carbons (Fsp3) is 0.478. The van der Waals surface area contributed by atoms with E-state index in [0.29, 0.717) is 17.8 Å². The predicted molar refractivity (Wildman–Crippen MR) is 119 cm³/mol. The Morgan fingerprint density at radius 2 is 1.88 bits per heavy atom. The van der Waals surface area contributed by atoms with Crippen LogP contribution in [0.2, 0.25) is 0 Å². The standard InChI is InChI=1S/C23H27F2N7O/c1-13(2)32-23(33-18-6-4-5-17(24)20(18)25)29-22(30-32)28-21-15-7-8-16(21)11-31(10-15)19-9-14(3)26-12-27-19/h4-6,9,12-13,15-16,21H,7-8,10-11H2,1-3H3,(H,28,30)/t15-,16+,21+. The second-order valence-electron chi connectivity index (χ2n) is 9.10. The zero-order valence-corrected chi connectivity index (χ0v) is 18.9. The van der Waals surface area contributed by atoms with E-state index in [-0.39, 0.29) is 23.8 Å². The van der Waals surface area contributed by atoms with Crippen LogP contribution in [0.4, 0.5) is 20.5 Å². The number of hydrogen-bond donors (Lipinski definition) is 1. The van der Waals surface area contributed by atoms with Crippen LogP contribution in [0.3, 0.4) is 0 Å². The molecular weight excluding hydrogens is 428 g/mol. The van der Waals surface area contributed by atoms with E-state index in [9.17, 15) is 8.78 Å². The van der Waals surface area contributed by atoms with Crippen molar-refractivity contribution in [3.63, 3.8) is 0 Å². The van der Waals surface area contributed by atoms with Gasteiger partial charge in [-0.25, -0.2) is 19.0 Å². The molecule has 0 unspecified atom stereocenters. The molecule has 2 fully saturated rings. The summed E-state index contributed by atoms with van der Waals surface area (Å²) in [6.45, 7) is 7.62. The molecule has 174 valence electrons. The molecule has 2 aromatic heterocycles. The van der Waals surface area contributed by atoms with Crippen molar-refractivity contribution in [2.75, 3.05) is 23.3 Å². The van der Waals surface area contributed by atoms with Gasteiger partial charge in [-0.05, 0) is 57.6 Å². The van der Waals surface area contributed by atoms with E-state index in [4.69, 9.17) is 4.74 Å². The molecule has 3 heterocycles. The molecule has 1 saturated heterocycles. The van der Waals surface area contributed by atoms with Crippen molar-refractivity contribution < 1.29 is 13.5 Å². The molecule has 1 aliphatic carbocycles. The topological polar surface area (TPSA) is 81.0 Å². The Hall–Kier alpha value is -3.30. The lowest BCUT2D eigenvalue weighted by Gasteiger charge is -2.38. The second kappa shape index (κ2) is 8.57. The maximum absolute atomic E-state index is 14.1. The number of hydrogen-bond acceptors (Lipinski definition) is 7. The van der Waals surface area contributed by atoms with Gasteiger partial charge in [0.05, 0.1) is 6.04 Å². The van der Waals surface area contributed by atoms with Crippen LogP contribution in [0, 0.1) is 30.4 Å². The lowest BCUT2D eigenvalue weighted by atomic mass is 9.92. The summed E-state index contributed by atoms with van der Waals surface area (Å²) in [7, 11) is 0. The molecule has 1 saturated carbocycles. The number of nitrogens with one attached hydrogen (secondary N) is 1. The Labute approximate surface area is 191 Å². The maximum Gasteiger partial charge on any atom is 0.322 e. The SMILES string of the molecule is Cc1cc(N2C[C@H]3CC[C@@H](C2)[C@H]3Nc2nc(Oc3cccc(F)c3F)n(C(C)C)n2)ncn1. The van der Waals surface area contributed by atoms with Gasteiger partial charge >= 0.3 is 6.01 Å². The number of piperidine rings is 1. The van der Waals surface area contributed by atoms with Crippen LogP contribution < -0.4 is 15.0 Å². The number of halogens is 2. The number of ether oxygens (including phenoxy) is 1. The van der Waals surface area contributed by atoms with Gasteiger partial charge in [0.1, 0.15) is 12.1 Å². The smallest absolute Gasteiger partial charge is 0.322 e. The average molecular weight is 456 g/mol. The van der Waals surface area contributed by atoms with Gasteiger partial charge in [-0.1, -0.05) is 6.07 Å². The van der Waals surface area contributed by atoms with Crippen molar-refractivity contribution in [1.82, 2.24) is 24.7 Å². The summed E-state index contributed by atoms with van der Waals surface area (Å²) in [4.78, 5) is 15.5. The highest BCUT2D eigenvalue weighted by molar-refractivity contribution is 5.42. The van der Waals surface area contributed by atoms with Gasteiger partial charge in [0.2, 0.25) is 11.8 Å². The highest BCUT2D eigenvalue weighted by Gasteiger charge is 2.43. The first-order chi connectivity index (χ1) is 15.9. The highest BCUT2D eigenvalue weighted by Crippen LogP contribution is 2.40. The number of benzene rings is 1. The number of rotatable bonds is 6. The Morgan fingerprint density at radius 1 is 1.12 bits per heavy atom. The average Bonchev–Trinajstić information content (AvgIpc) is 3.27. The van der Waals surface area contributed by atoms with Crippen molar-refractivity contribution in [3.05, 3.63) is 47.9 Å². The number of fused-ring (bicyclic) bond motifs is 2. The van der Waals surface area contributed by atoms with Crippen molar-refractivity contribution >= 4 is 11.8 Å². The van der Waals surface area contributed by atoms with Crippen LogP contribution in [0.1, 0.15) is 38.4 Å². The first kappa shape index (κ1) is 21.5.